The van der Waals surface area contributed by atoms with E-state index in [4.69, 9.17) is 4.74 Å². The molecule has 1 saturated carbocycles. The van der Waals surface area contributed by atoms with E-state index in [-0.39, 0.29) is 16.5 Å². The fourth-order valence-corrected chi connectivity index (χ4v) is 3.86. The standard InChI is InChI=1S/C20H22N2O5S/c1-13-6-7-17(10-14(13)2)21-19(23)12-27-20(24)15-4-3-5-18(11-15)28(25,26)22-16-8-9-16/h3-7,10-11,16,22H,8-9,12H2,1-2H3,(H,21,23). The summed E-state index contributed by atoms with van der Waals surface area (Å²) in [6.45, 7) is 3.43. The van der Waals surface area contributed by atoms with Gasteiger partial charge in [0.2, 0.25) is 10.0 Å². The third kappa shape index (κ3) is 5.17. The number of benzene rings is 2. The first-order valence-corrected chi connectivity index (χ1v) is 10.4. The quantitative estimate of drug-likeness (QED) is 0.693. The van der Waals surface area contributed by atoms with Crippen molar-refractivity contribution in [2.75, 3.05) is 11.9 Å². The van der Waals surface area contributed by atoms with Crippen molar-refractivity contribution >= 4 is 27.6 Å². The van der Waals surface area contributed by atoms with Gasteiger partial charge < -0.3 is 10.1 Å². The summed E-state index contributed by atoms with van der Waals surface area (Å²) in [7, 11) is -3.67. The van der Waals surface area contributed by atoms with Crippen LogP contribution in [0.4, 0.5) is 5.69 Å². The Morgan fingerprint density at radius 2 is 1.82 bits per heavy atom. The first-order valence-electron chi connectivity index (χ1n) is 8.91. The van der Waals surface area contributed by atoms with Crippen LogP contribution in [0.1, 0.15) is 34.3 Å². The molecule has 0 atom stereocenters. The summed E-state index contributed by atoms with van der Waals surface area (Å²) in [4.78, 5) is 24.2. The van der Waals surface area contributed by atoms with E-state index in [1.165, 1.54) is 24.3 Å². The van der Waals surface area contributed by atoms with Crippen molar-refractivity contribution in [1.82, 2.24) is 4.72 Å². The van der Waals surface area contributed by atoms with E-state index < -0.39 is 28.5 Å². The van der Waals surface area contributed by atoms with Crippen molar-refractivity contribution in [3.63, 3.8) is 0 Å². The van der Waals surface area contributed by atoms with Gasteiger partial charge in [0.1, 0.15) is 0 Å². The fourth-order valence-electron chi connectivity index (χ4n) is 2.51. The smallest absolute Gasteiger partial charge is 0.338 e. The van der Waals surface area contributed by atoms with Gasteiger partial charge in [0.25, 0.3) is 5.91 Å². The molecule has 0 bridgehead atoms. The Kier molecular flexibility index (Phi) is 5.81. The third-order valence-electron chi connectivity index (χ3n) is 4.40. The summed E-state index contributed by atoms with van der Waals surface area (Å²) in [6.07, 6.45) is 1.63. The highest BCUT2D eigenvalue weighted by Crippen LogP contribution is 2.22. The molecule has 1 fully saturated rings. The highest BCUT2D eigenvalue weighted by atomic mass is 32.2. The minimum absolute atomic E-state index is 0.00608. The number of nitrogens with one attached hydrogen (secondary N) is 2. The van der Waals surface area contributed by atoms with Crippen LogP contribution < -0.4 is 10.0 Å². The average Bonchev–Trinajstić information content (AvgIpc) is 3.46. The normalized spacial score (nSPS) is 13.8. The van der Waals surface area contributed by atoms with Crippen LogP contribution in [0.5, 0.6) is 0 Å². The SMILES string of the molecule is Cc1ccc(NC(=O)COC(=O)c2cccc(S(=O)(=O)NC3CC3)c2)cc1C. The minimum atomic E-state index is -3.67. The average molecular weight is 402 g/mol. The lowest BCUT2D eigenvalue weighted by Crippen LogP contribution is -2.26. The van der Waals surface area contributed by atoms with E-state index in [1.807, 2.05) is 26.0 Å². The number of rotatable bonds is 7. The van der Waals surface area contributed by atoms with E-state index >= 15 is 0 Å². The number of esters is 1. The number of amides is 1. The first-order chi connectivity index (χ1) is 13.2. The van der Waals surface area contributed by atoms with Crippen LogP contribution in [-0.4, -0.2) is 32.9 Å². The second-order valence-corrected chi connectivity index (χ2v) is 8.56. The van der Waals surface area contributed by atoms with Crippen LogP contribution in [0.3, 0.4) is 0 Å². The van der Waals surface area contributed by atoms with Gasteiger partial charge in [-0.1, -0.05) is 12.1 Å². The molecule has 2 aromatic carbocycles. The van der Waals surface area contributed by atoms with Crippen molar-refractivity contribution in [3.8, 4) is 0 Å². The summed E-state index contributed by atoms with van der Waals surface area (Å²) < 4.78 is 32.1. The van der Waals surface area contributed by atoms with Crippen LogP contribution in [0, 0.1) is 13.8 Å². The Morgan fingerprint density at radius 3 is 2.50 bits per heavy atom. The molecule has 0 heterocycles. The lowest BCUT2D eigenvalue weighted by atomic mass is 10.1. The van der Waals surface area contributed by atoms with E-state index in [0.29, 0.717) is 5.69 Å². The predicted octanol–water partition coefficient (Wildman–Crippen LogP) is 2.54. The Balaban J connectivity index is 1.59. The lowest BCUT2D eigenvalue weighted by molar-refractivity contribution is -0.119. The molecule has 0 spiro atoms. The van der Waals surface area contributed by atoms with Crippen LogP contribution in [0.15, 0.2) is 47.4 Å². The molecule has 2 aromatic rings. The molecule has 0 unspecified atom stereocenters. The topological polar surface area (TPSA) is 102 Å². The number of ether oxygens (including phenoxy) is 1. The zero-order chi connectivity index (χ0) is 20.3. The summed E-state index contributed by atoms with van der Waals surface area (Å²) in [5, 5.41) is 2.66. The Morgan fingerprint density at radius 1 is 1.07 bits per heavy atom. The number of carbonyl (C=O) groups excluding carboxylic acids is 2. The minimum Gasteiger partial charge on any atom is -0.452 e. The molecule has 0 radical (unpaired) electrons. The maximum absolute atomic E-state index is 12.3. The van der Waals surface area contributed by atoms with Gasteiger partial charge >= 0.3 is 5.97 Å². The number of hydrogen-bond donors (Lipinski definition) is 2. The summed E-state index contributed by atoms with van der Waals surface area (Å²) in [5.74, 6) is -1.24. The van der Waals surface area contributed by atoms with Crippen LogP contribution in [0.2, 0.25) is 0 Å². The molecular weight excluding hydrogens is 380 g/mol. The highest BCUT2D eigenvalue weighted by molar-refractivity contribution is 7.89. The molecule has 0 saturated heterocycles. The molecule has 1 aliphatic rings. The highest BCUT2D eigenvalue weighted by Gasteiger charge is 2.28. The van der Waals surface area contributed by atoms with Crippen molar-refractivity contribution in [2.24, 2.45) is 0 Å². The molecule has 28 heavy (non-hydrogen) atoms. The van der Waals surface area contributed by atoms with Gasteiger partial charge in [0.15, 0.2) is 6.61 Å². The number of carbonyl (C=O) groups is 2. The van der Waals surface area contributed by atoms with Gasteiger partial charge in [-0.15, -0.1) is 0 Å². The zero-order valence-electron chi connectivity index (χ0n) is 15.7. The molecule has 0 aliphatic heterocycles. The first kappa shape index (κ1) is 20.0. The van der Waals surface area contributed by atoms with Gasteiger partial charge in [-0.2, -0.15) is 0 Å². The Bertz CT molecular complexity index is 1010. The summed E-state index contributed by atoms with van der Waals surface area (Å²) in [6, 6.07) is 11.0. The van der Waals surface area contributed by atoms with Gasteiger partial charge in [-0.25, -0.2) is 17.9 Å². The summed E-state index contributed by atoms with van der Waals surface area (Å²) in [5.41, 5.74) is 2.82. The predicted molar refractivity (Wildman–Crippen MR) is 105 cm³/mol. The molecule has 0 aromatic heterocycles. The Hall–Kier alpha value is -2.71. The Labute approximate surface area is 164 Å². The van der Waals surface area contributed by atoms with Crippen molar-refractivity contribution in [3.05, 3.63) is 59.2 Å². The largest absolute Gasteiger partial charge is 0.452 e. The van der Waals surface area contributed by atoms with Gasteiger partial charge in [0.05, 0.1) is 10.5 Å². The molecular formula is C20H22N2O5S. The molecule has 7 nitrogen and oxygen atoms in total. The van der Waals surface area contributed by atoms with Crippen molar-refractivity contribution < 1.29 is 22.7 Å². The number of aryl methyl sites for hydroxylation is 2. The molecule has 3 rings (SSSR count). The number of sulfonamides is 1. The van der Waals surface area contributed by atoms with Crippen LogP contribution in [-0.2, 0) is 19.6 Å². The van der Waals surface area contributed by atoms with E-state index in [9.17, 15) is 18.0 Å². The van der Waals surface area contributed by atoms with Crippen molar-refractivity contribution in [1.29, 1.82) is 0 Å². The zero-order valence-corrected chi connectivity index (χ0v) is 16.5. The fraction of sp³-hybridized carbons (Fsp3) is 0.300. The van der Waals surface area contributed by atoms with Gasteiger partial charge in [-0.3, -0.25) is 4.79 Å². The summed E-state index contributed by atoms with van der Waals surface area (Å²) >= 11 is 0. The monoisotopic (exact) mass is 402 g/mol. The van der Waals surface area contributed by atoms with E-state index in [2.05, 4.69) is 10.0 Å². The van der Waals surface area contributed by atoms with E-state index in [1.54, 1.807) is 6.07 Å². The number of hydrogen-bond acceptors (Lipinski definition) is 5. The molecule has 1 amide bonds. The van der Waals surface area contributed by atoms with Gasteiger partial charge in [-0.05, 0) is 68.1 Å². The van der Waals surface area contributed by atoms with Crippen LogP contribution in [0.25, 0.3) is 0 Å². The molecule has 148 valence electrons. The lowest BCUT2D eigenvalue weighted by Gasteiger charge is -2.09. The van der Waals surface area contributed by atoms with E-state index in [0.717, 1.165) is 24.0 Å². The maximum atomic E-state index is 12.3. The third-order valence-corrected chi connectivity index (χ3v) is 5.92. The van der Waals surface area contributed by atoms with Gasteiger partial charge in [0, 0.05) is 11.7 Å². The van der Waals surface area contributed by atoms with Crippen LogP contribution >= 0.6 is 0 Å². The molecule has 1 aliphatic carbocycles. The molecule has 2 N–H and O–H groups in total. The molecule has 8 heteroatoms. The number of anilines is 1. The second-order valence-electron chi connectivity index (χ2n) is 6.85. The second kappa shape index (κ2) is 8.12. The maximum Gasteiger partial charge on any atom is 0.338 e. The van der Waals surface area contributed by atoms with Crippen molar-refractivity contribution in [2.45, 2.75) is 37.6 Å².